The number of methoxy groups -OCH3 is 1. The number of hydrogen-bond donors (Lipinski definition) is 2. The van der Waals surface area contributed by atoms with Crippen LogP contribution in [0.4, 0.5) is 14.9 Å². The number of hydrogen-bond acceptors (Lipinski definition) is 3. The highest BCUT2D eigenvalue weighted by Crippen LogP contribution is 2.25. The van der Waals surface area contributed by atoms with Crippen LogP contribution in [0.2, 0.25) is 0 Å². The van der Waals surface area contributed by atoms with Gasteiger partial charge in [0.25, 0.3) is 0 Å². The molecule has 0 bridgehead atoms. The maximum atomic E-state index is 13.0. The Labute approximate surface area is 122 Å². The van der Waals surface area contributed by atoms with Gasteiger partial charge >= 0.3 is 12.0 Å². The Hall–Kier alpha value is -2.11. The van der Waals surface area contributed by atoms with Crippen molar-refractivity contribution < 1.29 is 18.7 Å². The number of ether oxygens (including phenoxy) is 1. The molecular formula is C15H19FN2O3. The summed E-state index contributed by atoms with van der Waals surface area (Å²) < 4.78 is 17.7. The molecule has 1 aromatic carbocycles. The lowest BCUT2D eigenvalue weighted by Gasteiger charge is -2.27. The van der Waals surface area contributed by atoms with Gasteiger partial charge in [-0.05, 0) is 43.9 Å². The van der Waals surface area contributed by atoms with E-state index >= 15 is 0 Å². The van der Waals surface area contributed by atoms with Crippen LogP contribution in [-0.4, -0.2) is 25.2 Å². The number of benzene rings is 1. The molecule has 0 atom stereocenters. The SMILES string of the molecule is COC(=O)C1CCC(NC(=O)Nc2cccc(F)c2)CC1. The summed E-state index contributed by atoms with van der Waals surface area (Å²) in [4.78, 5) is 23.2. The van der Waals surface area contributed by atoms with Gasteiger partial charge < -0.3 is 15.4 Å². The van der Waals surface area contributed by atoms with E-state index in [0.717, 1.165) is 12.8 Å². The molecule has 21 heavy (non-hydrogen) atoms. The fourth-order valence-corrected chi connectivity index (χ4v) is 2.56. The summed E-state index contributed by atoms with van der Waals surface area (Å²) in [6, 6.07) is 5.40. The highest BCUT2D eigenvalue weighted by molar-refractivity contribution is 5.89. The summed E-state index contributed by atoms with van der Waals surface area (Å²) >= 11 is 0. The predicted molar refractivity (Wildman–Crippen MR) is 76.3 cm³/mol. The van der Waals surface area contributed by atoms with Crippen LogP contribution in [0, 0.1) is 11.7 Å². The molecule has 1 aromatic rings. The second-order valence-corrected chi connectivity index (χ2v) is 5.18. The smallest absolute Gasteiger partial charge is 0.319 e. The van der Waals surface area contributed by atoms with Crippen molar-refractivity contribution >= 4 is 17.7 Å². The topological polar surface area (TPSA) is 67.4 Å². The number of esters is 1. The van der Waals surface area contributed by atoms with Gasteiger partial charge in [-0.1, -0.05) is 6.07 Å². The summed E-state index contributed by atoms with van der Waals surface area (Å²) in [5.74, 6) is -0.650. The number of halogens is 1. The van der Waals surface area contributed by atoms with E-state index < -0.39 is 5.82 Å². The van der Waals surface area contributed by atoms with Crippen LogP contribution in [0.3, 0.4) is 0 Å². The molecular weight excluding hydrogens is 275 g/mol. The molecule has 5 nitrogen and oxygen atoms in total. The maximum Gasteiger partial charge on any atom is 0.319 e. The maximum absolute atomic E-state index is 13.0. The zero-order valence-electron chi connectivity index (χ0n) is 11.9. The number of carbonyl (C=O) groups is 2. The van der Waals surface area contributed by atoms with Crippen molar-refractivity contribution in [3.63, 3.8) is 0 Å². The molecule has 1 saturated carbocycles. The first-order valence-corrected chi connectivity index (χ1v) is 6.99. The number of urea groups is 1. The van der Waals surface area contributed by atoms with Gasteiger partial charge in [-0.15, -0.1) is 0 Å². The molecule has 1 aliphatic rings. The van der Waals surface area contributed by atoms with Crippen LogP contribution in [0.15, 0.2) is 24.3 Å². The Morgan fingerprint density at radius 1 is 1.24 bits per heavy atom. The largest absolute Gasteiger partial charge is 0.469 e. The Kier molecular flexibility index (Phi) is 5.14. The lowest BCUT2D eigenvalue weighted by Crippen LogP contribution is -2.41. The summed E-state index contributed by atoms with van der Waals surface area (Å²) in [5.41, 5.74) is 0.413. The molecule has 0 saturated heterocycles. The first kappa shape index (κ1) is 15.3. The molecule has 0 heterocycles. The average molecular weight is 294 g/mol. The Bertz CT molecular complexity index is 513. The molecule has 1 aliphatic carbocycles. The molecule has 6 heteroatoms. The predicted octanol–water partition coefficient (Wildman–Crippen LogP) is 2.68. The van der Waals surface area contributed by atoms with Crippen molar-refractivity contribution in [2.24, 2.45) is 5.92 Å². The standard InChI is InChI=1S/C15H19FN2O3/c1-21-14(19)10-5-7-12(8-6-10)17-15(20)18-13-4-2-3-11(16)9-13/h2-4,9-10,12H,5-8H2,1H3,(H2,17,18,20). The van der Waals surface area contributed by atoms with E-state index in [1.54, 1.807) is 6.07 Å². The van der Waals surface area contributed by atoms with E-state index in [4.69, 9.17) is 4.74 Å². The van der Waals surface area contributed by atoms with Gasteiger partial charge in [0.1, 0.15) is 5.82 Å². The Morgan fingerprint density at radius 3 is 2.57 bits per heavy atom. The van der Waals surface area contributed by atoms with Gasteiger partial charge in [-0.3, -0.25) is 4.79 Å². The van der Waals surface area contributed by atoms with Gasteiger partial charge in [-0.25, -0.2) is 9.18 Å². The normalized spacial score (nSPS) is 21.4. The fraction of sp³-hybridized carbons (Fsp3) is 0.467. The Balaban J connectivity index is 1.78. The minimum Gasteiger partial charge on any atom is -0.469 e. The zero-order chi connectivity index (χ0) is 15.2. The van der Waals surface area contributed by atoms with E-state index in [0.29, 0.717) is 18.5 Å². The van der Waals surface area contributed by atoms with Gasteiger partial charge in [-0.2, -0.15) is 0 Å². The van der Waals surface area contributed by atoms with E-state index in [1.165, 1.54) is 25.3 Å². The number of nitrogens with one attached hydrogen (secondary N) is 2. The molecule has 2 N–H and O–H groups in total. The van der Waals surface area contributed by atoms with Gasteiger partial charge in [0.05, 0.1) is 13.0 Å². The van der Waals surface area contributed by atoms with Gasteiger partial charge in [0.15, 0.2) is 0 Å². The van der Waals surface area contributed by atoms with Crippen molar-refractivity contribution in [3.05, 3.63) is 30.1 Å². The molecule has 0 aromatic heterocycles. The highest BCUT2D eigenvalue weighted by atomic mass is 19.1. The monoisotopic (exact) mass is 294 g/mol. The van der Waals surface area contributed by atoms with E-state index in [1.807, 2.05) is 0 Å². The summed E-state index contributed by atoms with van der Waals surface area (Å²) in [5, 5.41) is 5.43. The quantitative estimate of drug-likeness (QED) is 0.842. The number of anilines is 1. The third-order valence-electron chi connectivity index (χ3n) is 3.68. The third kappa shape index (κ3) is 4.44. The second kappa shape index (κ2) is 7.06. The van der Waals surface area contributed by atoms with Crippen molar-refractivity contribution in [2.45, 2.75) is 31.7 Å². The molecule has 0 spiro atoms. The van der Waals surface area contributed by atoms with E-state index in [-0.39, 0.29) is 24.0 Å². The molecule has 2 rings (SSSR count). The highest BCUT2D eigenvalue weighted by Gasteiger charge is 2.27. The van der Waals surface area contributed by atoms with Crippen LogP contribution < -0.4 is 10.6 Å². The minimum atomic E-state index is -0.397. The fourth-order valence-electron chi connectivity index (χ4n) is 2.56. The summed E-state index contributed by atoms with van der Waals surface area (Å²) in [6.07, 6.45) is 2.88. The molecule has 0 unspecified atom stereocenters. The molecule has 0 aliphatic heterocycles. The lowest BCUT2D eigenvalue weighted by molar-refractivity contribution is -0.146. The van der Waals surface area contributed by atoms with Gasteiger partial charge in [0.2, 0.25) is 0 Å². The van der Waals surface area contributed by atoms with E-state index in [9.17, 15) is 14.0 Å². The van der Waals surface area contributed by atoms with Crippen LogP contribution in [0.25, 0.3) is 0 Å². The molecule has 2 amide bonds. The summed E-state index contributed by atoms with van der Waals surface area (Å²) in [7, 11) is 1.39. The van der Waals surface area contributed by atoms with Crippen LogP contribution >= 0.6 is 0 Å². The molecule has 0 radical (unpaired) electrons. The van der Waals surface area contributed by atoms with E-state index in [2.05, 4.69) is 10.6 Å². The first-order valence-electron chi connectivity index (χ1n) is 6.99. The molecule has 114 valence electrons. The van der Waals surface area contributed by atoms with Crippen molar-refractivity contribution in [1.29, 1.82) is 0 Å². The Morgan fingerprint density at radius 2 is 1.95 bits per heavy atom. The van der Waals surface area contributed by atoms with Crippen LogP contribution in [-0.2, 0) is 9.53 Å². The molecule has 1 fully saturated rings. The van der Waals surface area contributed by atoms with Crippen LogP contribution in [0.1, 0.15) is 25.7 Å². The van der Waals surface area contributed by atoms with Crippen LogP contribution in [0.5, 0.6) is 0 Å². The summed E-state index contributed by atoms with van der Waals surface area (Å²) in [6.45, 7) is 0. The third-order valence-corrected chi connectivity index (χ3v) is 3.68. The number of amides is 2. The minimum absolute atomic E-state index is 0.0273. The average Bonchev–Trinajstić information content (AvgIpc) is 2.47. The zero-order valence-corrected chi connectivity index (χ0v) is 11.9. The van der Waals surface area contributed by atoms with Crippen molar-refractivity contribution in [1.82, 2.24) is 5.32 Å². The second-order valence-electron chi connectivity index (χ2n) is 5.18. The lowest BCUT2D eigenvalue weighted by atomic mass is 9.86. The van der Waals surface area contributed by atoms with Crippen molar-refractivity contribution in [2.75, 3.05) is 12.4 Å². The van der Waals surface area contributed by atoms with Gasteiger partial charge in [0, 0.05) is 11.7 Å². The number of rotatable bonds is 3. The first-order chi connectivity index (χ1) is 10.1. The number of carbonyl (C=O) groups excluding carboxylic acids is 2. The van der Waals surface area contributed by atoms with Crippen molar-refractivity contribution in [3.8, 4) is 0 Å².